The lowest BCUT2D eigenvalue weighted by Crippen LogP contribution is -1.89. The van der Waals surface area contributed by atoms with Gasteiger partial charge in [-0.3, -0.25) is 0 Å². The first-order chi connectivity index (χ1) is 5.65. The van der Waals surface area contributed by atoms with Crippen molar-refractivity contribution in [3.63, 3.8) is 0 Å². The maximum absolute atomic E-state index is 2.40. The highest BCUT2D eigenvalue weighted by Crippen LogP contribution is 2.34. The summed E-state index contributed by atoms with van der Waals surface area (Å²) in [5, 5.41) is 0. The summed E-state index contributed by atoms with van der Waals surface area (Å²) in [6, 6.07) is 0. The molecule has 1 fully saturated rings. The Hall–Kier alpha value is -0.520. The molecule has 0 radical (unpaired) electrons. The van der Waals surface area contributed by atoms with E-state index in [1.54, 1.807) is 11.1 Å². The fraction of sp³-hybridized carbons (Fsp3) is 0.667. The van der Waals surface area contributed by atoms with Gasteiger partial charge in [0.15, 0.2) is 0 Å². The second-order valence-electron chi connectivity index (χ2n) is 3.96. The van der Waals surface area contributed by atoms with E-state index in [2.05, 4.69) is 33.8 Å². The minimum Gasteiger partial charge on any atom is -0.0785 e. The monoisotopic (exact) mass is 164 g/mol. The third-order valence-corrected chi connectivity index (χ3v) is 2.80. The maximum Gasteiger partial charge on any atom is -0.0259 e. The molecule has 1 rings (SSSR count). The van der Waals surface area contributed by atoms with Gasteiger partial charge in [-0.2, -0.15) is 0 Å². The summed E-state index contributed by atoms with van der Waals surface area (Å²) in [6.07, 6.45) is 6.34. The zero-order valence-corrected chi connectivity index (χ0v) is 8.78. The van der Waals surface area contributed by atoms with Crippen LogP contribution in [-0.4, -0.2) is 0 Å². The molecule has 0 N–H and O–H groups in total. The van der Waals surface area contributed by atoms with Crippen LogP contribution in [0.5, 0.6) is 0 Å². The summed E-state index contributed by atoms with van der Waals surface area (Å²) in [4.78, 5) is 0. The second kappa shape index (κ2) is 3.93. The van der Waals surface area contributed by atoms with E-state index in [0.29, 0.717) is 0 Å². The van der Waals surface area contributed by atoms with Crippen molar-refractivity contribution in [2.75, 3.05) is 0 Å². The molecule has 0 heteroatoms. The Balaban J connectivity index is 2.62. The predicted octanol–water partition coefficient (Wildman–Crippen LogP) is 4.09. The van der Waals surface area contributed by atoms with Crippen molar-refractivity contribution in [3.05, 3.63) is 22.8 Å². The third kappa shape index (κ3) is 2.51. The first-order valence-electron chi connectivity index (χ1n) is 5.02. The SMILES string of the molecule is CCC(C)C=C(C)C(C)=C1CC1. The van der Waals surface area contributed by atoms with E-state index in [-0.39, 0.29) is 0 Å². The van der Waals surface area contributed by atoms with E-state index >= 15 is 0 Å². The van der Waals surface area contributed by atoms with Crippen LogP contribution in [0.4, 0.5) is 0 Å². The number of hydrogen-bond donors (Lipinski definition) is 0. The van der Waals surface area contributed by atoms with Crippen molar-refractivity contribution >= 4 is 0 Å². The van der Waals surface area contributed by atoms with Gasteiger partial charge in [0.2, 0.25) is 0 Å². The Morgan fingerprint density at radius 2 is 2.00 bits per heavy atom. The highest BCUT2D eigenvalue weighted by atomic mass is 14.2. The Kier molecular flexibility index (Phi) is 3.13. The molecule has 0 spiro atoms. The van der Waals surface area contributed by atoms with E-state index in [4.69, 9.17) is 0 Å². The van der Waals surface area contributed by atoms with Crippen molar-refractivity contribution in [1.82, 2.24) is 0 Å². The van der Waals surface area contributed by atoms with Crippen LogP contribution >= 0.6 is 0 Å². The van der Waals surface area contributed by atoms with Crippen molar-refractivity contribution in [2.45, 2.75) is 47.0 Å². The van der Waals surface area contributed by atoms with Gasteiger partial charge in [-0.1, -0.05) is 37.5 Å². The summed E-state index contributed by atoms with van der Waals surface area (Å²) >= 11 is 0. The molecule has 0 aromatic heterocycles. The van der Waals surface area contributed by atoms with Crippen LogP contribution in [0.2, 0.25) is 0 Å². The Bertz CT molecular complexity index is 212. The number of allylic oxidation sites excluding steroid dienone is 4. The molecule has 0 nitrogen and oxygen atoms in total. The molecule has 0 aliphatic heterocycles. The topological polar surface area (TPSA) is 0 Å². The van der Waals surface area contributed by atoms with Gasteiger partial charge in [-0.25, -0.2) is 0 Å². The summed E-state index contributed by atoms with van der Waals surface area (Å²) in [7, 11) is 0. The zero-order valence-electron chi connectivity index (χ0n) is 8.78. The molecule has 0 aromatic carbocycles. The average Bonchev–Trinajstić information content (AvgIpc) is 2.85. The third-order valence-electron chi connectivity index (χ3n) is 2.80. The van der Waals surface area contributed by atoms with Gasteiger partial charge in [0.05, 0.1) is 0 Å². The van der Waals surface area contributed by atoms with E-state index in [1.807, 2.05) is 0 Å². The second-order valence-corrected chi connectivity index (χ2v) is 3.96. The van der Waals surface area contributed by atoms with Gasteiger partial charge in [-0.05, 0) is 38.2 Å². The number of rotatable bonds is 3. The first kappa shape index (κ1) is 9.57. The Morgan fingerprint density at radius 3 is 2.42 bits per heavy atom. The van der Waals surface area contributed by atoms with Crippen LogP contribution in [0.1, 0.15) is 47.0 Å². The van der Waals surface area contributed by atoms with Crippen molar-refractivity contribution < 1.29 is 0 Å². The average molecular weight is 164 g/mol. The summed E-state index contributed by atoms with van der Waals surface area (Å²) in [6.45, 7) is 9.03. The van der Waals surface area contributed by atoms with E-state index in [9.17, 15) is 0 Å². The fourth-order valence-corrected chi connectivity index (χ4v) is 1.39. The lowest BCUT2D eigenvalue weighted by atomic mass is 10.0. The molecule has 68 valence electrons. The van der Waals surface area contributed by atoms with Crippen molar-refractivity contribution in [2.24, 2.45) is 5.92 Å². The van der Waals surface area contributed by atoms with Crippen molar-refractivity contribution in [1.29, 1.82) is 0 Å². The molecule has 0 aromatic rings. The van der Waals surface area contributed by atoms with Gasteiger partial charge in [0, 0.05) is 0 Å². The summed E-state index contributed by atoms with van der Waals surface area (Å²) in [5.41, 5.74) is 4.72. The lowest BCUT2D eigenvalue weighted by Gasteiger charge is -2.05. The highest BCUT2D eigenvalue weighted by Gasteiger charge is 2.15. The van der Waals surface area contributed by atoms with Crippen LogP contribution < -0.4 is 0 Å². The molecule has 1 unspecified atom stereocenters. The van der Waals surface area contributed by atoms with Gasteiger partial charge in [-0.15, -0.1) is 0 Å². The molecule has 0 bridgehead atoms. The lowest BCUT2D eigenvalue weighted by molar-refractivity contribution is 0.693. The molecular weight excluding hydrogens is 144 g/mol. The standard InChI is InChI=1S/C12H20/c1-5-9(2)8-10(3)11(4)12-6-7-12/h8-9H,5-7H2,1-4H3. The van der Waals surface area contributed by atoms with E-state index in [0.717, 1.165) is 5.92 Å². The summed E-state index contributed by atoms with van der Waals surface area (Å²) in [5.74, 6) is 0.735. The molecule has 0 heterocycles. The Labute approximate surface area is 76.4 Å². The molecule has 0 saturated heterocycles. The van der Waals surface area contributed by atoms with E-state index < -0.39 is 0 Å². The van der Waals surface area contributed by atoms with Gasteiger partial charge >= 0.3 is 0 Å². The molecule has 0 amide bonds. The first-order valence-corrected chi connectivity index (χ1v) is 5.02. The molecule has 1 saturated carbocycles. The van der Waals surface area contributed by atoms with Gasteiger partial charge < -0.3 is 0 Å². The Morgan fingerprint density at radius 1 is 1.42 bits per heavy atom. The van der Waals surface area contributed by atoms with Crippen molar-refractivity contribution in [3.8, 4) is 0 Å². The van der Waals surface area contributed by atoms with Crippen LogP contribution in [-0.2, 0) is 0 Å². The van der Waals surface area contributed by atoms with Gasteiger partial charge in [0.25, 0.3) is 0 Å². The largest absolute Gasteiger partial charge is 0.0785 e. The van der Waals surface area contributed by atoms with Crippen LogP contribution in [0.3, 0.4) is 0 Å². The fourth-order valence-electron chi connectivity index (χ4n) is 1.39. The smallest absolute Gasteiger partial charge is 0.0259 e. The van der Waals surface area contributed by atoms with Crippen LogP contribution in [0, 0.1) is 5.92 Å². The minimum absolute atomic E-state index is 0.735. The molecule has 1 atom stereocenters. The highest BCUT2D eigenvalue weighted by molar-refractivity contribution is 5.37. The van der Waals surface area contributed by atoms with Gasteiger partial charge in [0.1, 0.15) is 0 Å². The normalized spacial score (nSPS) is 19.3. The molecule has 1 aliphatic rings. The molecule has 1 aliphatic carbocycles. The van der Waals surface area contributed by atoms with Crippen LogP contribution in [0.15, 0.2) is 22.8 Å². The quantitative estimate of drug-likeness (QED) is 0.589. The summed E-state index contributed by atoms with van der Waals surface area (Å²) < 4.78 is 0. The minimum atomic E-state index is 0.735. The number of hydrogen-bond acceptors (Lipinski definition) is 0. The van der Waals surface area contributed by atoms with Crippen LogP contribution in [0.25, 0.3) is 0 Å². The maximum atomic E-state index is 2.40. The predicted molar refractivity (Wildman–Crippen MR) is 55.1 cm³/mol. The molecular formula is C12H20. The molecule has 12 heavy (non-hydrogen) atoms. The zero-order chi connectivity index (χ0) is 9.14. The van der Waals surface area contributed by atoms with E-state index in [1.165, 1.54) is 24.8 Å².